The number of amides is 2. The van der Waals surface area contributed by atoms with E-state index in [1.807, 2.05) is 98.8 Å². The van der Waals surface area contributed by atoms with Gasteiger partial charge in [-0.1, -0.05) is 91.0 Å². The highest BCUT2D eigenvalue weighted by Crippen LogP contribution is 2.29. The largest absolute Gasteiger partial charge is 0.457 e. The van der Waals surface area contributed by atoms with Crippen LogP contribution < -0.4 is 14.4 Å². The van der Waals surface area contributed by atoms with Crippen LogP contribution in [0.1, 0.15) is 23.6 Å². The summed E-state index contributed by atoms with van der Waals surface area (Å²) in [5.41, 5.74) is 2.96. The number of nitrogens with one attached hydrogen (secondary N) is 1. The van der Waals surface area contributed by atoms with E-state index in [2.05, 4.69) is 5.32 Å². The van der Waals surface area contributed by atoms with Gasteiger partial charge < -0.3 is 15.0 Å². The van der Waals surface area contributed by atoms with Crippen LogP contribution in [-0.4, -0.2) is 44.3 Å². The molecular formula is C39H39N3O5S. The molecule has 0 aromatic heterocycles. The zero-order chi connectivity index (χ0) is 33.9. The predicted molar refractivity (Wildman–Crippen MR) is 188 cm³/mol. The lowest BCUT2D eigenvalue weighted by Gasteiger charge is -2.34. The molecule has 0 saturated carbocycles. The second kappa shape index (κ2) is 15.9. The number of nitrogens with zero attached hydrogens (tertiary/aromatic N) is 2. The van der Waals surface area contributed by atoms with Gasteiger partial charge in [-0.3, -0.25) is 13.9 Å². The van der Waals surface area contributed by atoms with Crippen LogP contribution in [0.4, 0.5) is 5.69 Å². The molecule has 0 aliphatic rings. The summed E-state index contributed by atoms with van der Waals surface area (Å²) in [6.45, 7) is 3.73. The molecule has 0 spiro atoms. The van der Waals surface area contributed by atoms with Gasteiger partial charge in [-0.25, -0.2) is 8.42 Å². The fraction of sp³-hybridized carbons (Fsp3) is 0.179. The van der Waals surface area contributed by atoms with Crippen LogP contribution in [0, 0.1) is 6.92 Å². The van der Waals surface area contributed by atoms with Gasteiger partial charge in [0.1, 0.15) is 24.1 Å². The second-order valence-corrected chi connectivity index (χ2v) is 13.1. The molecule has 5 rings (SSSR count). The Labute approximate surface area is 282 Å². The molecular weight excluding hydrogens is 623 g/mol. The maximum absolute atomic E-state index is 14.6. The molecule has 48 heavy (non-hydrogen) atoms. The van der Waals surface area contributed by atoms with Crippen molar-refractivity contribution >= 4 is 27.5 Å². The molecule has 0 radical (unpaired) electrons. The van der Waals surface area contributed by atoms with Gasteiger partial charge in [0, 0.05) is 19.5 Å². The van der Waals surface area contributed by atoms with Gasteiger partial charge in [-0.2, -0.15) is 0 Å². The summed E-state index contributed by atoms with van der Waals surface area (Å²) in [4.78, 5) is 29.8. The first-order valence-corrected chi connectivity index (χ1v) is 17.3. The van der Waals surface area contributed by atoms with Crippen molar-refractivity contribution in [3.8, 4) is 11.5 Å². The fourth-order valence-electron chi connectivity index (χ4n) is 5.37. The molecule has 9 heteroatoms. The topological polar surface area (TPSA) is 96.0 Å². The molecule has 0 bridgehead atoms. The Morgan fingerprint density at radius 1 is 0.729 bits per heavy atom. The molecule has 2 amide bonds. The monoisotopic (exact) mass is 661 g/mol. The highest BCUT2D eigenvalue weighted by atomic mass is 32.2. The Balaban J connectivity index is 1.55. The summed E-state index contributed by atoms with van der Waals surface area (Å²) in [6, 6.07) is 40.0. The lowest BCUT2D eigenvalue weighted by atomic mass is 10.0. The highest BCUT2D eigenvalue weighted by molar-refractivity contribution is 7.92. The van der Waals surface area contributed by atoms with Gasteiger partial charge in [-0.15, -0.1) is 0 Å². The minimum absolute atomic E-state index is 0.0393. The molecule has 1 atom stereocenters. The van der Waals surface area contributed by atoms with E-state index in [0.717, 1.165) is 21.0 Å². The molecule has 5 aromatic rings. The zero-order valence-corrected chi connectivity index (χ0v) is 27.8. The molecule has 0 heterocycles. The quantitative estimate of drug-likeness (QED) is 0.142. The third kappa shape index (κ3) is 8.49. The van der Waals surface area contributed by atoms with Crippen LogP contribution in [0.15, 0.2) is 144 Å². The third-order valence-electron chi connectivity index (χ3n) is 7.94. The summed E-state index contributed by atoms with van der Waals surface area (Å²) >= 11 is 0. The van der Waals surface area contributed by atoms with Crippen molar-refractivity contribution in [1.29, 1.82) is 0 Å². The van der Waals surface area contributed by atoms with E-state index >= 15 is 0 Å². The Hall–Kier alpha value is -5.41. The Kier molecular flexibility index (Phi) is 11.3. The SMILES string of the molecule is CCNC(=O)C(Cc1ccccc1)N(Cc1ccccc1C)C(=O)CN(c1ccc(Oc2ccccc2)cc1)S(=O)(=O)c1ccccc1. The molecule has 0 saturated heterocycles. The van der Waals surface area contributed by atoms with Crippen LogP contribution in [0.2, 0.25) is 0 Å². The van der Waals surface area contributed by atoms with E-state index in [0.29, 0.717) is 18.0 Å². The van der Waals surface area contributed by atoms with Crippen molar-refractivity contribution in [3.63, 3.8) is 0 Å². The van der Waals surface area contributed by atoms with E-state index < -0.39 is 28.5 Å². The molecule has 0 aliphatic heterocycles. The first kappa shape index (κ1) is 33.9. The highest BCUT2D eigenvalue weighted by Gasteiger charge is 2.34. The van der Waals surface area contributed by atoms with E-state index in [1.165, 1.54) is 17.0 Å². The van der Waals surface area contributed by atoms with Crippen molar-refractivity contribution < 1.29 is 22.7 Å². The molecule has 0 fully saturated rings. The average Bonchev–Trinajstić information content (AvgIpc) is 3.11. The summed E-state index contributed by atoms with van der Waals surface area (Å²) in [7, 11) is -4.21. The van der Waals surface area contributed by atoms with Gasteiger partial charge in [-0.05, 0) is 79.1 Å². The number of hydrogen-bond donors (Lipinski definition) is 1. The number of carbonyl (C=O) groups excluding carboxylic acids is 2. The first-order valence-electron chi connectivity index (χ1n) is 15.8. The van der Waals surface area contributed by atoms with Crippen LogP contribution in [0.5, 0.6) is 11.5 Å². The predicted octanol–water partition coefficient (Wildman–Crippen LogP) is 6.76. The number of likely N-dealkylation sites (N-methyl/N-ethyl adjacent to an activating group) is 1. The number of ether oxygens (including phenoxy) is 1. The van der Waals surface area contributed by atoms with E-state index in [1.54, 1.807) is 42.5 Å². The second-order valence-electron chi connectivity index (χ2n) is 11.3. The smallest absolute Gasteiger partial charge is 0.264 e. The summed E-state index contributed by atoms with van der Waals surface area (Å²) in [6.07, 6.45) is 0.251. The molecule has 0 aliphatic carbocycles. The Morgan fingerprint density at radius 3 is 1.92 bits per heavy atom. The number of anilines is 1. The number of hydrogen-bond acceptors (Lipinski definition) is 5. The standard InChI is InChI=1S/C39H39N3O5S/c1-3-40-39(44)37(27-31-16-7-4-8-17-31)41(28-32-18-14-13-15-30(32)2)38(43)29-42(48(45,46)36-21-11-6-12-22-36)33-23-25-35(26-24-33)47-34-19-9-5-10-20-34/h4-26,37H,3,27-29H2,1-2H3,(H,40,44). The minimum atomic E-state index is -4.21. The van der Waals surface area contributed by atoms with Crippen molar-refractivity contribution in [2.45, 2.75) is 37.8 Å². The van der Waals surface area contributed by atoms with E-state index in [-0.39, 0.29) is 29.5 Å². The Bertz CT molecular complexity index is 1900. The number of rotatable bonds is 14. The van der Waals surface area contributed by atoms with Gasteiger partial charge >= 0.3 is 0 Å². The molecule has 1 N–H and O–H groups in total. The van der Waals surface area contributed by atoms with E-state index in [4.69, 9.17) is 4.74 Å². The molecule has 246 valence electrons. The number of sulfonamides is 1. The normalized spacial score (nSPS) is 11.7. The molecule has 5 aromatic carbocycles. The van der Waals surface area contributed by atoms with Crippen LogP contribution in [0.3, 0.4) is 0 Å². The van der Waals surface area contributed by atoms with Gasteiger partial charge in [0.15, 0.2) is 0 Å². The lowest BCUT2D eigenvalue weighted by Crippen LogP contribution is -2.53. The summed E-state index contributed by atoms with van der Waals surface area (Å²) in [5.74, 6) is 0.308. The summed E-state index contributed by atoms with van der Waals surface area (Å²) in [5, 5.41) is 2.89. The molecule has 1 unspecified atom stereocenters. The maximum Gasteiger partial charge on any atom is 0.264 e. The van der Waals surface area contributed by atoms with Crippen LogP contribution in [-0.2, 0) is 32.6 Å². The summed E-state index contributed by atoms with van der Waals surface area (Å²) < 4.78 is 35.5. The third-order valence-corrected chi connectivity index (χ3v) is 9.73. The Morgan fingerprint density at radius 2 is 1.29 bits per heavy atom. The average molecular weight is 662 g/mol. The lowest BCUT2D eigenvalue weighted by molar-refractivity contribution is -0.140. The number of benzene rings is 5. The number of carbonyl (C=O) groups is 2. The van der Waals surface area contributed by atoms with Gasteiger partial charge in [0.2, 0.25) is 11.8 Å². The number of aryl methyl sites for hydroxylation is 1. The van der Waals surface area contributed by atoms with Crippen molar-refractivity contribution in [3.05, 3.63) is 156 Å². The van der Waals surface area contributed by atoms with Crippen molar-refractivity contribution in [2.24, 2.45) is 0 Å². The fourth-order valence-corrected chi connectivity index (χ4v) is 6.81. The van der Waals surface area contributed by atoms with Crippen LogP contribution >= 0.6 is 0 Å². The minimum Gasteiger partial charge on any atom is -0.457 e. The van der Waals surface area contributed by atoms with Crippen LogP contribution in [0.25, 0.3) is 0 Å². The maximum atomic E-state index is 14.6. The van der Waals surface area contributed by atoms with Crippen molar-refractivity contribution in [1.82, 2.24) is 10.2 Å². The van der Waals surface area contributed by atoms with Crippen molar-refractivity contribution in [2.75, 3.05) is 17.4 Å². The van der Waals surface area contributed by atoms with E-state index in [9.17, 15) is 18.0 Å². The number of para-hydroxylation sites is 1. The molecule has 8 nitrogen and oxygen atoms in total. The first-order chi connectivity index (χ1) is 23.3. The van der Waals surface area contributed by atoms with Gasteiger partial charge in [0.25, 0.3) is 10.0 Å². The zero-order valence-electron chi connectivity index (χ0n) is 27.0. The van der Waals surface area contributed by atoms with Gasteiger partial charge in [0.05, 0.1) is 10.6 Å².